The van der Waals surface area contributed by atoms with E-state index in [0.29, 0.717) is 6.04 Å². The van der Waals surface area contributed by atoms with E-state index in [4.69, 9.17) is 4.74 Å². The summed E-state index contributed by atoms with van der Waals surface area (Å²) in [7, 11) is 0. The highest BCUT2D eigenvalue weighted by atomic mass is 16.5. The lowest BCUT2D eigenvalue weighted by atomic mass is 9.84. The number of urea groups is 1. The van der Waals surface area contributed by atoms with Crippen LogP contribution in [0.25, 0.3) is 0 Å². The SMILES string of the molecule is C[C@H](NC(=O)N1CCC[C@@H]1CC1CCCCC1)[C@@H]1CCCO1. The van der Waals surface area contributed by atoms with Crippen LogP contribution in [0.5, 0.6) is 0 Å². The Morgan fingerprint density at radius 1 is 1.14 bits per heavy atom. The van der Waals surface area contributed by atoms with Crippen LogP contribution in [0.2, 0.25) is 0 Å². The molecule has 0 aromatic rings. The zero-order chi connectivity index (χ0) is 15.4. The van der Waals surface area contributed by atoms with Gasteiger partial charge in [-0.1, -0.05) is 32.1 Å². The zero-order valence-electron chi connectivity index (χ0n) is 14.1. The maximum Gasteiger partial charge on any atom is 0.317 e. The predicted octanol–water partition coefficient (Wildman–Crippen LogP) is 3.70. The number of carbonyl (C=O) groups excluding carboxylic acids is 1. The van der Waals surface area contributed by atoms with Crippen LogP contribution in [0.1, 0.15) is 71.1 Å². The van der Waals surface area contributed by atoms with Crippen LogP contribution in [0.4, 0.5) is 4.79 Å². The topological polar surface area (TPSA) is 41.6 Å². The molecular formula is C18H32N2O2. The first-order valence-electron chi connectivity index (χ1n) is 9.43. The summed E-state index contributed by atoms with van der Waals surface area (Å²) in [6.45, 7) is 3.86. The molecular weight excluding hydrogens is 276 g/mol. The molecule has 0 aromatic carbocycles. The average molecular weight is 308 g/mol. The van der Waals surface area contributed by atoms with Crippen LogP contribution >= 0.6 is 0 Å². The number of nitrogens with zero attached hydrogens (tertiary/aromatic N) is 1. The molecule has 2 heterocycles. The van der Waals surface area contributed by atoms with Gasteiger partial charge >= 0.3 is 6.03 Å². The van der Waals surface area contributed by atoms with Gasteiger partial charge in [0.15, 0.2) is 0 Å². The van der Waals surface area contributed by atoms with Gasteiger partial charge < -0.3 is 15.0 Å². The van der Waals surface area contributed by atoms with Crippen molar-refractivity contribution in [1.29, 1.82) is 0 Å². The number of ether oxygens (including phenoxy) is 1. The zero-order valence-corrected chi connectivity index (χ0v) is 14.1. The summed E-state index contributed by atoms with van der Waals surface area (Å²) >= 11 is 0. The summed E-state index contributed by atoms with van der Waals surface area (Å²) in [5, 5.41) is 3.19. The van der Waals surface area contributed by atoms with Gasteiger partial charge in [-0.05, 0) is 44.9 Å². The lowest BCUT2D eigenvalue weighted by molar-refractivity contribution is 0.0824. The van der Waals surface area contributed by atoms with Gasteiger partial charge in [0.05, 0.1) is 12.1 Å². The third-order valence-corrected chi connectivity index (χ3v) is 5.84. The predicted molar refractivity (Wildman–Crippen MR) is 87.9 cm³/mol. The molecule has 1 N–H and O–H groups in total. The van der Waals surface area contributed by atoms with E-state index in [9.17, 15) is 4.79 Å². The van der Waals surface area contributed by atoms with E-state index in [1.807, 2.05) is 0 Å². The summed E-state index contributed by atoms with van der Waals surface area (Å²) in [5.74, 6) is 0.850. The summed E-state index contributed by atoms with van der Waals surface area (Å²) in [6, 6.07) is 0.743. The summed E-state index contributed by atoms with van der Waals surface area (Å²) in [5.41, 5.74) is 0. The number of hydrogen-bond acceptors (Lipinski definition) is 2. The molecule has 3 atom stereocenters. The maximum absolute atomic E-state index is 12.6. The van der Waals surface area contributed by atoms with Crippen LogP contribution in [-0.2, 0) is 4.74 Å². The van der Waals surface area contributed by atoms with Gasteiger partial charge in [0.25, 0.3) is 0 Å². The lowest BCUT2D eigenvalue weighted by Gasteiger charge is -2.31. The molecule has 2 amide bonds. The molecule has 126 valence electrons. The van der Waals surface area contributed by atoms with E-state index in [1.54, 1.807) is 0 Å². The van der Waals surface area contributed by atoms with E-state index in [-0.39, 0.29) is 18.2 Å². The monoisotopic (exact) mass is 308 g/mol. The fraction of sp³-hybridized carbons (Fsp3) is 0.944. The van der Waals surface area contributed by atoms with Crippen LogP contribution in [0.15, 0.2) is 0 Å². The van der Waals surface area contributed by atoms with Crippen LogP contribution < -0.4 is 5.32 Å². The minimum absolute atomic E-state index is 0.130. The molecule has 3 rings (SSSR count). The summed E-state index contributed by atoms with van der Waals surface area (Å²) in [4.78, 5) is 14.7. The molecule has 0 aromatic heterocycles. The maximum atomic E-state index is 12.6. The lowest BCUT2D eigenvalue weighted by Crippen LogP contribution is -2.49. The molecule has 2 saturated heterocycles. The fourth-order valence-electron chi connectivity index (χ4n) is 4.52. The van der Waals surface area contributed by atoms with Crippen LogP contribution in [0, 0.1) is 5.92 Å². The molecule has 4 nitrogen and oxygen atoms in total. The largest absolute Gasteiger partial charge is 0.376 e. The van der Waals surface area contributed by atoms with Crippen molar-refractivity contribution in [3.8, 4) is 0 Å². The molecule has 1 aliphatic carbocycles. The van der Waals surface area contributed by atoms with Crippen molar-refractivity contribution < 1.29 is 9.53 Å². The van der Waals surface area contributed by atoms with Gasteiger partial charge in [-0.2, -0.15) is 0 Å². The highest BCUT2D eigenvalue weighted by Crippen LogP contribution is 2.32. The molecule has 0 bridgehead atoms. The Balaban J connectivity index is 1.49. The number of carbonyl (C=O) groups is 1. The molecule has 2 aliphatic heterocycles. The van der Waals surface area contributed by atoms with E-state index in [0.717, 1.165) is 31.9 Å². The van der Waals surface area contributed by atoms with Crippen molar-refractivity contribution in [2.24, 2.45) is 5.92 Å². The van der Waals surface area contributed by atoms with E-state index >= 15 is 0 Å². The van der Waals surface area contributed by atoms with Crippen molar-refractivity contribution in [1.82, 2.24) is 10.2 Å². The highest BCUT2D eigenvalue weighted by Gasteiger charge is 2.33. The van der Waals surface area contributed by atoms with E-state index < -0.39 is 0 Å². The van der Waals surface area contributed by atoms with Gasteiger partial charge in [0.2, 0.25) is 0 Å². The first-order chi connectivity index (χ1) is 10.7. The quantitative estimate of drug-likeness (QED) is 0.860. The normalized spacial score (nSPS) is 31.4. The smallest absolute Gasteiger partial charge is 0.317 e. The first kappa shape index (κ1) is 16.1. The number of likely N-dealkylation sites (tertiary alicyclic amines) is 1. The summed E-state index contributed by atoms with van der Waals surface area (Å²) in [6.07, 6.45) is 12.9. The Morgan fingerprint density at radius 3 is 2.68 bits per heavy atom. The van der Waals surface area contributed by atoms with Crippen molar-refractivity contribution in [3.05, 3.63) is 0 Å². The van der Waals surface area contributed by atoms with Gasteiger partial charge in [-0.15, -0.1) is 0 Å². The number of amides is 2. The molecule has 0 unspecified atom stereocenters. The fourth-order valence-corrected chi connectivity index (χ4v) is 4.52. The third kappa shape index (κ3) is 3.95. The second-order valence-corrected chi connectivity index (χ2v) is 7.52. The van der Waals surface area contributed by atoms with E-state index in [1.165, 1.54) is 51.4 Å². The second kappa shape index (κ2) is 7.67. The van der Waals surface area contributed by atoms with Crippen molar-refractivity contribution in [3.63, 3.8) is 0 Å². The molecule has 0 radical (unpaired) electrons. The molecule has 3 fully saturated rings. The van der Waals surface area contributed by atoms with Gasteiger partial charge in [0.1, 0.15) is 0 Å². The Morgan fingerprint density at radius 2 is 1.95 bits per heavy atom. The first-order valence-corrected chi connectivity index (χ1v) is 9.43. The van der Waals surface area contributed by atoms with Crippen LogP contribution in [-0.4, -0.2) is 42.3 Å². The highest BCUT2D eigenvalue weighted by molar-refractivity contribution is 5.75. The Kier molecular flexibility index (Phi) is 5.61. The molecule has 1 saturated carbocycles. The average Bonchev–Trinajstić information content (AvgIpc) is 3.19. The molecule has 3 aliphatic rings. The van der Waals surface area contributed by atoms with Crippen LogP contribution in [0.3, 0.4) is 0 Å². The minimum atomic E-state index is 0.130. The molecule has 22 heavy (non-hydrogen) atoms. The number of rotatable bonds is 4. The Hall–Kier alpha value is -0.770. The molecule has 4 heteroatoms. The number of hydrogen-bond donors (Lipinski definition) is 1. The minimum Gasteiger partial charge on any atom is -0.376 e. The second-order valence-electron chi connectivity index (χ2n) is 7.52. The van der Waals surface area contributed by atoms with E-state index in [2.05, 4.69) is 17.1 Å². The Bertz CT molecular complexity index is 362. The number of nitrogens with one attached hydrogen (secondary N) is 1. The van der Waals surface area contributed by atoms with Crippen molar-refractivity contribution >= 4 is 6.03 Å². The van der Waals surface area contributed by atoms with Gasteiger partial charge in [-0.3, -0.25) is 0 Å². The summed E-state index contributed by atoms with van der Waals surface area (Å²) < 4.78 is 5.69. The third-order valence-electron chi connectivity index (χ3n) is 5.84. The van der Waals surface area contributed by atoms with Crippen molar-refractivity contribution in [2.75, 3.05) is 13.2 Å². The van der Waals surface area contributed by atoms with Crippen molar-refractivity contribution in [2.45, 2.75) is 89.3 Å². The Labute approximate surface area is 135 Å². The van der Waals surface area contributed by atoms with Gasteiger partial charge in [0, 0.05) is 19.2 Å². The standard InChI is InChI=1S/C18H32N2O2/c1-14(17-10-6-12-22-17)19-18(21)20-11-5-9-16(20)13-15-7-3-2-4-8-15/h14-17H,2-13H2,1H3,(H,19,21)/t14-,16+,17-/m0/s1. The molecule has 0 spiro atoms. The van der Waals surface area contributed by atoms with Gasteiger partial charge in [-0.25, -0.2) is 4.79 Å².